The van der Waals surface area contributed by atoms with Crippen LogP contribution in [0.3, 0.4) is 0 Å². The molecule has 0 unspecified atom stereocenters. The Labute approximate surface area is 159 Å². The van der Waals surface area contributed by atoms with Gasteiger partial charge in [-0.1, -0.05) is 61.9 Å². The van der Waals surface area contributed by atoms with Crippen LogP contribution in [0.25, 0.3) is 0 Å². The van der Waals surface area contributed by atoms with Gasteiger partial charge in [-0.3, -0.25) is 4.79 Å². The van der Waals surface area contributed by atoms with Crippen LogP contribution in [0.1, 0.15) is 46.9 Å². The second kappa shape index (κ2) is 8.45. The van der Waals surface area contributed by atoms with Gasteiger partial charge in [0, 0.05) is 12.2 Å². The molecule has 0 fully saturated rings. The summed E-state index contributed by atoms with van der Waals surface area (Å²) in [7, 11) is 0. The molecular weight excluding hydrogens is 336 g/mol. The Morgan fingerprint density at radius 2 is 1.85 bits per heavy atom. The summed E-state index contributed by atoms with van der Waals surface area (Å²) >= 11 is 0. The zero-order valence-corrected chi connectivity index (χ0v) is 15.9. The van der Waals surface area contributed by atoms with Crippen LogP contribution in [0.15, 0.2) is 60.9 Å². The molecule has 0 aliphatic rings. The average molecular weight is 360 g/mol. The van der Waals surface area contributed by atoms with Crippen LogP contribution in [-0.2, 0) is 6.54 Å². The SMILES string of the molecule is Cc1cccc(CNc2cnc(C(=O)Nc3ccccc3C(C)C)cn2)c1. The average Bonchev–Trinajstić information content (AvgIpc) is 2.67. The first-order chi connectivity index (χ1) is 13.0. The van der Waals surface area contributed by atoms with Gasteiger partial charge in [0.15, 0.2) is 0 Å². The Hall–Kier alpha value is -3.21. The van der Waals surface area contributed by atoms with Crippen LogP contribution >= 0.6 is 0 Å². The Balaban J connectivity index is 1.64. The molecule has 0 atom stereocenters. The molecule has 5 heteroatoms. The number of anilines is 2. The number of hydrogen-bond acceptors (Lipinski definition) is 4. The molecule has 1 amide bonds. The van der Waals surface area contributed by atoms with E-state index in [1.807, 2.05) is 30.3 Å². The van der Waals surface area contributed by atoms with Crippen molar-refractivity contribution in [3.63, 3.8) is 0 Å². The fourth-order valence-corrected chi connectivity index (χ4v) is 2.85. The van der Waals surface area contributed by atoms with E-state index in [1.54, 1.807) is 6.20 Å². The molecular formula is C22H24N4O. The van der Waals surface area contributed by atoms with E-state index in [2.05, 4.69) is 59.6 Å². The third-order valence-electron chi connectivity index (χ3n) is 4.27. The molecule has 138 valence electrons. The second-order valence-electron chi connectivity index (χ2n) is 6.83. The highest BCUT2D eigenvalue weighted by Gasteiger charge is 2.12. The molecule has 2 N–H and O–H groups in total. The van der Waals surface area contributed by atoms with E-state index in [-0.39, 0.29) is 11.6 Å². The molecule has 0 aliphatic heterocycles. The molecule has 3 rings (SSSR count). The number of nitrogens with zero attached hydrogens (tertiary/aromatic N) is 2. The monoisotopic (exact) mass is 360 g/mol. The molecule has 1 aromatic heterocycles. The van der Waals surface area contributed by atoms with Gasteiger partial charge in [-0.15, -0.1) is 0 Å². The van der Waals surface area contributed by atoms with Crippen molar-refractivity contribution in [2.45, 2.75) is 33.2 Å². The zero-order valence-electron chi connectivity index (χ0n) is 15.9. The summed E-state index contributed by atoms with van der Waals surface area (Å²) in [6, 6.07) is 16.1. The molecule has 0 saturated heterocycles. The topological polar surface area (TPSA) is 66.9 Å². The number of hydrogen-bond donors (Lipinski definition) is 2. The molecule has 27 heavy (non-hydrogen) atoms. The highest BCUT2D eigenvalue weighted by atomic mass is 16.1. The fourth-order valence-electron chi connectivity index (χ4n) is 2.85. The molecule has 0 saturated carbocycles. The predicted molar refractivity (Wildman–Crippen MR) is 109 cm³/mol. The Morgan fingerprint density at radius 3 is 2.56 bits per heavy atom. The summed E-state index contributed by atoms with van der Waals surface area (Å²) in [5.41, 5.74) is 4.57. The van der Waals surface area contributed by atoms with Gasteiger partial charge in [-0.05, 0) is 30.0 Å². The standard InChI is InChI=1S/C22H24N4O/c1-15(2)18-9-4-5-10-19(18)26-22(27)20-13-25-21(14-23-20)24-12-17-8-6-7-16(3)11-17/h4-11,13-15H,12H2,1-3H3,(H,24,25)(H,26,27). The Bertz CT molecular complexity index is 920. The van der Waals surface area contributed by atoms with Crippen molar-refractivity contribution >= 4 is 17.4 Å². The first-order valence-corrected chi connectivity index (χ1v) is 9.04. The fraction of sp³-hybridized carbons (Fsp3) is 0.227. The van der Waals surface area contributed by atoms with Gasteiger partial charge in [-0.2, -0.15) is 0 Å². The van der Waals surface area contributed by atoms with Gasteiger partial charge in [0.05, 0.1) is 12.4 Å². The first kappa shape index (κ1) is 18.6. The quantitative estimate of drug-likeness (QED) is 0.664. The summed E-state index contributed by atoms with van der Waals surface area (Å²) in [5, 5.41) is 6.15. The number of para-hydroxylation sites is 1. The van der Waals surface area contributed by atoms with Crippen molar-refractivity contribution in [2.24, 2.45) is 0 Å². The molecule has 0 bridgehead atoms. The zero-order chi connectivity index (χ0) is 19.2. The normalized spacial score (nSPS) is 10.7. The minimum atomic E-state index is -0.263. The number of benzene rings is 2. The van der Waals surface area contributed by atoms with Crippen LogP contribution in [0.4, 0.5) is 11.5 Å². The maximum atomic E-state index is 12.5. The highest BCUT2D eigenvalue weighted by molar-refractivity contribution is 6.03. The third-order valence-corrected chi connectivity index (χ3v) is 4.27. The van der Waals surface area contributed by atoms with Gasteiger partial charge in [-0.25, -0.2) is 9.97 Å². The van der Waals surface area contributed by atoms with E-state index in [1.165, 1.54) is 17.3 Å². The predicted octanol–water partition coefficient (Wildman–Crippen LogP) is 4.77. The minimum absolute atomic E-state index is 0.263. The summed E-state index contributed by atoms with van der Waals surface area (Å²) in [4.78, 5) is 21.0. The first-order valence-electron chi connectivity index (χ1n) is 9.04. The van der Waals surface area contributed by atoms with Crippen molar-refractivity contribution in [2.75, 3.05) is 10.6 Å². The van der Waals surface area contributed by atoms with Crippen molar-refractivity contribution in [1.29, 1.82) is 0 Å². The van der Waals surface area contributed by atoms with E-state index < -0.39 is 0 Å². The smallest absolute Gasteiger partial charge is 0.275 e. The van der Waals surface area contributed by atoms with Crippen LogP contribution in [0, 0.1) is 6.92 Å². The Morgan fingerprint density at radius 1 is 1.04 bits per heavy atom. The summed E-state index contributed by atoms with van der Waals surface area (Å²) in [6.07, 6.45) is 3.07. The molecule has 2 aromatic carbocycles. The number of aryl methyl sites for hydroxylation is 1. The summed E-state index contributed by atoms with van der Waals surface area (Å²) in [5.74, 6) is 0.692. The van der Waals surface area contributed by atoms with Gasteiger partial charge >= 0.3 is 0 Å². The van der Waals surface area contributed by atoms with Gasteiger partial charge < -0.3 is 10.6 Å². The van der Waals surface area contributed by atoms with E-state index >= 15 is 0 Å². The van der Waals surface area contributed by atoms with Crippen molar-refractivity contribution in [3.8, 4) is 0 Å². The summed E-state index contributed by atoms with van der Waals surface area (Å²) in [6.45, 7) is 6.91. The van der Waals surface area contributed by atoms with Crippen molar-refractivity contribution in [3.05, 3.63) is 83.3 Å². The molecule has 0 aliphatic carbocycles. The molecule has 1 heterocycles. The minimum Gasteiger partial charge on any atom is -0.365 e. The van der Waals surface area contributed by atoms with Gasteiger partial charge in [0.2, 0.25) is 0 Å². The number of rotatable bonds is 6. The Kier molecular flexibility index (Phi) is 5.81. The lowest BCUT2D eigenvalue weighted by Gasteiger charge is -2.13. The van der Waals surface area contributed by atoms with E-state index in [0.29, 0.717) is 18.3 Å². The van der Waals surface area contributed by atoms with E-state index in [4.69, 9.17) is 0 Å². The van der Waals surface area contributed by atoms with E-state index in [0.717, 1.165) is 11.3 Å². The third kappa shape index (κ3) is 4.91. The largest absolute Gasteiger partial charge is 0.365 e. The molecule has 0 radical (unpaired) electrons. The molecule has 3 aromatic rings. The number of carbonyl (C=O) groups is 1. The van der Waals surface area contributed by atoms with Crippen LogP contribution in [0.5, 0.6) is 0 Å². The molecule has 0 spiro atoms. The lowest BCUT2D eigenvalue weighted by Crippen LogP contribution is -2.16. The van der Waals surface area contributed by atoms with Crippen LogP contribution in [0.2, 0.25) is 0 Å². The van der Waals surface area contributed by atoms with Crippen molar-refractivity contribution < 1.29 is 4.79 Å². The van der Waals surface area contributed by atoms with Crippen LogP contribution in [-0.4, -0.2) is 15.9 Å². The number of aromatic nitrogens is 2. The van der Waals surface area contributed by atoms with Crippen LogP contribution < -0.4 is 10.6 Å². The second-order valence-corrected chi connectivity index (χ2v) is 6.83. The van der Waals surface area contributed by atoms with Gasteiger partial charge in [0.25, 0.3) is 5.91 Å². The number of amides is 1. The lowest BCUT2D eigenvalue weighted by molar-refractivity contribution is 0.102. The number of carbonyl (C=O) groups excluding carboxylic acids is 1. The molecule has 5 nitrogen and oxygen atoms in total. The van der Waals surface area contributed by atoms with E-state index in [9.17, 15) is 4.79 Å². The maximum absolute atomic E-state index is 12.5. The summed E-state index contributed by atoms with van der Waals surface area (Å²) < 4.78 is 0. The lowest BCUT2D eigenvalue weighted by atomic mass is 10.0. The van der Waals surface area contributed by atoms with Gasteiger partial charge in [0.1, 0.15) is 11.5 Å². The highest BCUT2D eigenvalue weighted by Crippen LogP contribution is 2.24. The maximum Gasteiger partial charge on any atom is 0.275 e. The number of nitrogens with one attached hydrogen (secondary N) is 2. The van der Waals surface area contributed by atoms with Crippen molar-refractivity contribution in [1.82, 2.24) is 9.97 Å².